The lowest BCUT2D eigenvalue weighted by molar-refractivity contribution is -0.123. The summed E-state index contributed by atoms with van der Waals surface area (Å²) in [5.41, 5.74) is 6.34. The van der Waals surface area contributed by atoms with E-state index >= 15 is 0 Å². The molecule has 8 aromatic heterocycles. The molecule has 672 valence electrons. The molecule has 0 saturated heterocycles. The molecule has 38 heteroatoms. The first-order chi connectivity index (χ1) is 63.7. The maximum absolute atomic E-state index is 13.3. The molecule has 0 saturated carbocycles. The third-order valence-electron chi connectivity index (χ3n) is 17.7. The van der Waals surface area contributed by atoms with Crippen molar-refractivity contribution < 1.29 is 86.5 Å². The summed E-state index contributed by atoms with van der Waals surface area (Å²) in [5.74, 6) is 0.784. The fourth-order valence-corrected chi connectivity index (χ4v) is 14.7. The van der Waals surface area contributed by atoms with E-state index in [2.05, 4.69) is 50.5 Å². The molecule has 0 atom stereocenters. The van der Waals surface area contributed by atoms with E-state index in [-0.39, 0.29) is 72.9 Å². The fraction of sp³-hybridized carbons (Fsp3) is 0.106. The molecule has 0 radical (unpaired) electrons. The molecule has 0 spiro atoms. The Kier molecular flexibility index (Phi) is 33.8. The molecule has 0 aliphatic heterocycles. The molecule has 16 rings (SSSR count). The Morgan fingerprint density at radius 1 is 0.341 bits per heavy atom. The van der Waals surface area contributed by atoms with Gasteiger partial charge in [-0.3, -0.25) is 19.2 Å². The molecule has 0 unspecified atom stereocenters. The van der Waals surface area contributed by atoms with Crippen molar-refractivity contribution in [2.45, 2.75) is 86.9 Å². The van der Waals surface area contributed by atoms with Crippen LogP contribution in [0.2, 0.25) is 20.1 Å². The van der Waals surface area contributed by atoms with Gasteiger partial charge in [0.15, 0.2) is 26.2 Å². The first-order valence-electron chi connectivity index (χ1n) is 39.1. The first-order valence-corrected chi connectivity index (χ1v) is 43.9. The quantitative estimate of drug-likeness (QED) is 0.0278. The van der Waals surface area contributed by atoms with Crippen LogP contribution < -0.4 is 34.9 Å². The predicted octanol–water partition coefficient (Wildman–Crippen LogP) is 24.6. The normalized spacial score (nSPS) is 10.9. The molecular weight excluding hydrogens is 1880 g/mol. The van der Waals surface area contributed by atoms with Gasteiger partial charge in [-0.15, -0.1) is 0 Å². The lowest BCUT2D eigenvalue weighted by Gasteiger charge is -2.09. The van der Waals surface area contributed by atoms with Crippen molar-refractivity contribution in [1.29, 1.82) is 0 Å². The number of amides is 3. The van der Waals surface area contributed by atoms with E-state index in [0.717, 1.165) is 0 Å². The number of hydrogen-bond acceptors (Lipinski definition) is 24. The van der Waals surface area contributed by atoms with Crippen LogP contribution in [-0.2, 0) is 26.4 Å². The number of nitrogens with zero attached hydrogens (tertiary/aromatic N) is 8. The number of aromatic nitrogens is 8. The van der Waals surface area contributed by atoms with E-state index in [0.29, 0.717) is 169 Å². The number of pyridine rings is 4. The SMILES string of the molecule is CC(=O)c1ccc(OCc2nc(-c3ccc(F)cc3)oc2Sc2ccc(Cl)cn2)cc1.CCNC(=O)c1ccc(OCc2nc(-c3ccc(F)cc3)oc2Sc2ccc(Cl)cn2)cc1.CNC(=O)c1ccc(OCc2nc(-c3ccc(F)cc3)oc2Sc2ccc(Cl)cn2)cc1.O=C(NCC(F)(F)F)c1ccc(OCc2nc(-c3ccc(F)cc3)oc2Sc2ccc(Cl)cn2)cc1. The Bertz CT molecular complexity index is 6550. The van der Waals surface area contributed by atoms with Crippen LogP contribution in [0.1, 0.15) is 78.1 Å². The number of carbonyl (C=O) groups excluding carboxylic acids is 4. The van der Waals surface area contributed by atoms with Gasteiger partial charge < -0.3 is 52.6 Å². The van der Waals surface area contributed by atoms with Crippen LogP contribution in [0.25, 0.3) is 45.8 Å². The maximum Gasteiger partial charge on any atom is 0.405 e. The van der Waals surface area contributed by atoms with Gasteiger partial charge in [-0.1, -0.05) is 46.4 Å². The number of carbonyl (C=O) groups is 4. The standard InChI is InChI=1S/C24H16ClF4N3O3S.C24H19ClFN3O3S.C23H17ClFN3O3S.C23H16ClFN2O3S/c25-16-5-10-20(30-11-16)36-23-19(32-22(35-23)15-1-6-17(26)7-2-15)12-34-18-8-3-14(4-9-18)21(33)31-13-24(27,28)29;1-2-27-22(30)15-5-10-19(11-6-15)31-14-20-24(33-21-12-7-17(25)13-28-21)32-23(29-20)16-3-8-18(26)9-4-16;1-26-21(29)14-4-9-18(10-5-14)30-13-19-23(32-20-11-6-16(24)12-27-20)31-22(28-19)15-2-7-17(25)8-3-15;1-14(28)15-4-9-19(10-5-15)29-13-20-23(31-21-11-6-17(24)12-26-21)30-22(27-20)16-2-7-18(25)8-3-16/h1-11H,12-13H2,(H,31,33);3-13H,2,14H2,1H3,(H,27,30);2-12H,13H2,1H3,(H,26,29);2-12H,13H2,1H3. The van der Waals surface area contributed by atoms with Gasteiger partial charge in [0.05, 0.1) is 20.1 Å². The van der Waals surface area contributed by atoms with Crippen LogP contribution in [0.15, 0.2) is 326 Å². The second-order valence-electron chi connectivity index (χ2n) is 27.3. The molecule has 16 aromatic rings. The number of oxazole rings is 4. The zero-order valence-corrected chi connectivity index (χ0v) is 75.2. The third kappa shape index (κ3) is 28.5. The summed E-state index contributed by atoms with van der Waals surface area (Å²) < 4.78 is 137. The number of ketones is 1. The van der Waals surface area contributed by atoms with E-state index in [1.807, 2.05) is 6.92 Å². The summed E-state index contributed by atoms with van der Waals surface area (Å²) >= 11 is 28.7. The van der Waals surface area contributed by atoms with Crippen LogP contribution in [0, 0.1) is 23.3 Å². The smallest absolute Gasteiger partial charge is 0.405 e. The monoisotopic (exact) mass is 1940 g/mol. The molecule has 0 bridgehead atoms. The number of hydrogen-bond donors (Lipinski definition) is 3. The Balaban J connectivity index is 0.000000150. The predicted molar refractivity (Wildman–Crippen MR) is 484 cm³/mol. The van der Waals surface area contributed by atoms with E-state index in [1.54, 1.807) is 189 Å². The lowest BCUT2D eigenvalue weighted by atomic mass is 10.1. The highest BCUT2D eigenvalue weighted by molar-refractivity contribution is 7.99. The van der Waals surface area contributed by atoms with Crippen LogP contribution in [0.4, 0.5) is 30.7 Å². The summed E-state index contributed by atoms with van der Waals surface area (Å²) in [6.45, 7) is 2.87. The second-order valence-corrected chi connectivity index (χ2v) is 33.0. The van der Waals surface area contributed by atoms with Crippen LogP contribution in [0.3, 0.4) is 0 Å². The molecule has 3 N–H and O–H groups in total. The third-order valence-corrected chi connectivity index (χ3v) is 22.4. The Hall–Kier alpha value is -13.5. The minimum Gasteiger partial charge on any atom is -0.487 e. The Morgan fingerprint density at radius 2 is 0.583 bits per heavy atom. The fourth-order valence-electron chi connectivity index (χ4n) is 11.2. The number of nitrogens with one attached hydrogen (secondary N) is 3. The van der Waals surface area contributed by atoms with Crippen LogP contribution in [-0.4, -0.2) is 89.7 Å². The average molecular weight is 1950 g/mol. The zero-order valence-electron chi connectivity index (χ0n) is 68.9. The number of rotatable bonds is 30. The van der Waals surface area contributed by atoms with Gasteiger partial charge in [-0.2, -0.15) is 13.2 Å². The van der Waals surface area contributed by atoms with E-state index < -0.39 is 24.4 Å². The minimum absolute atomic E-state index is 0.0128. The molecule has 0 aliphatic carbocycles. The van der Waals surface area contributed by atoms with Crippen LogP contribution >= 0.6 is 93.5 Å². The minimum atomic E-state index is -4.50. The Morgan fingerprint density at radius 3 is 0.803 bits per heavy atom. The van der Waals surface area contributed by atoms with Gasteiger partial charge in [0.25, 0.3) is 17.7 Å². The first kappa shape index (κ1) is 96.1. The number of halogens is 11. The molecule has 8 heterocycles. The summed E-state index contributed by atoms with van der Waals surface area (Å²) in [4.78, 5) is 82.1. The van der Waals surface area contributed by atoms with E-state index in [9.17, 15) is 49.9 Å². The number of benzene rings is 8. The largest absolute Gasteiger partial charge is 0.487 e. The van der Waals surface area contributed by atoms with Gasteiger partial charge in [0, 0.05) is 82.9 Å². The van der Waals surface area contributed by atoms with Crippen molar-refractivity contribution in [3.05, 3.63) is 356 Å². The summed E-state index contributed by atoms with van der Waals surface area (Å²) in [7, 11) is 1.57. The topological polar surface area (TPSA) is 297 Å². The number of Topliss-reactive ketones (excluding diaryl/α,β-unsaturated/α-hetero) is 1. The highest BCUT2D eigenvalue weighted by Gasteiger charge is 2.29. The van der Waals surface area contributed by atoms with Crippen molar-refractivity contribution in [3.8, 4) is 68.8 Å². The molecule has 0 aliphatic rings. The zero-order chi connectivity index (χ0) is 93.2. The van der Waals surface area contributed by atoms with Gasteiger partial charge in [-0.25, -0.2) is 57.4 Å². The van der Waals surface area contributed by atoms with Crippen molar-refractivity contribution in [1.82, 2.24) is 55.8 Å². The lowest BCUT2D eigenvalue weighted by Crippen LogP contribution is -2.33. The van der Waals surface area contributed by atoms with Crippen molar-refractivity contribution >= 4 is 117 Å². The molecular formula is C94H68Cl4F7N11O12S4. The second kappa shape index (κ2) is 46.4. The maximum atomic E-state index is 13.3. The molecule has 3 amide bonds. The Labute approximate surface area is 785 Å². The summed E-state index contributed by atoms with van der Waals surface area (Å²) in [6, 6.07) is 63.3. The summed E-state index contributed by atoms with van der Waals surface area (Å²) in [6.07, 6.45) is 1.64. The molecule has 23 nitrogen and oxygen atoms in total. The van der Waals surface area contributed by atoms with E-state index in [4.69, 9.17) is 83.0 Å². The van der Waals surface area contributed by atoms with Crippen LogP contribution in [0.5, 0.6) is 23.0 Å². The van der Waals surface area contributed by atoms with E-state index in [1.165, 1.54) is 145 Å². The number of ether oxygens (including phenoxy) is 4. The molecule has 8 aromatic carbocycles. The van der Waals surface area contributed by atoms with Gasteiger partial charge in [0.1, 0.15) is 122 Å². The van der Waals surface area contributed by atoms with Gasteiger partial charge >= 0.3 is 6.18 Å². The highest BCUT2D eigenvalue weighted by Crippen LogP contribution is 2.40. The molecule has 0 fully saturated rings. The van der Waals surface area contributed by atoms with Gasteiger partial charge in [-0.05, 0) is 304 Å². The average Bonchev–Trinajstić information content (AvgIpc) is 1.69. The van der Waals surface area contributed by atoms with Gasteiger partial charge in [0.2, 0.25) is 23.6 Å². The number of alkyl halides is 3. The van der Waals surface area contributed by atoms with Crippen molar-refractivity contribution in [2.75, 3.05) is 20.1 Å². The summed E-state index contributed by atoms with van der Waals surface area (Å²) in [5, 5.41) is 13.7. The van der Waals surface area contributed by atoms with Crippen molar-refractivity contribution in [2.24, 2.45) is 0 Å². The highest BCUT2D eigenvalue weighted by atomic mass is 35.5. The van der Waals surface area contributed by atoms with Crippen molar-refractivity contribution in [3.63, 3.8) is 0 Å². The molecule has 132 heavy (non-hydrogen) atoms.